The molecule has 17 heavy (non-hydrogen) atoms. The summed E-state index contributed by atoms with van der Waals surface area (Å²) in [5.41, 5.74) is 0. The van der Waals surface area contributed by atoms with Gasteiger partial charge in [-0.25, -0.2) is 4.79 Å². The molecule has 0 spiro atoms. The number of urea groups is 1. The van der Waals surface area contributed by atoms with E-state index in [-0.39, 0.29) is 30.9 Å². The van der Waals surface area contributed by atoms with Gasteiger partial charge in [0.2, 0.25) is 0 Å². The van der Waals surface area contributed by atoms with E-state index in [9.17, 15) is 9.59 Å². The number of hydrogen-bond acceptors (Lipinski definition) is 4. The molecule has 1 N–H and O–H groups in total. The highest BCUT2D eigenvalue weighted by Crippen LogP contribution is 2.15. The highest BCUT2D eigenvalue weighted by molar-refractivity contribution is 6.04. The first kappa shape index (κ1) is 12.3. The van der Waals surface area contributed by atoms with E-state index in [0.717, 1.165) is 12.8 Å². The van der Waals surface area contributed by atoms with E-state index in [1.54, 1.807) is 0 Å². The summed E-state index contributed by atoms with van der Waals surface area (Å²) < 4.78 is 10.4. The van der Waals surface area contributed by atoms with Gasteiger partial charge in [0.1, 0.15) is 12.8 Å². The monoisotopic (exact) mass is 242 g/mol. The number of nitrogens with one attached hydrogen (secondary N) is 1. The van der Waals surface area contributed by atoms with Crippen molar-refractivity contribution in [1.82, 2.24) is 10.2 Å². The van der Waals surface area contributed by atoms with E-state index < -0.39 is 0 Å². The topological polar surface area (TPSA) is 67.9 Å². The SMILES string of the molecule is CCC[C@H]1NC(=O)N(C[C@H]2CCOCO2)C1=O. The maximum atomic E-state index is 11.9. The van der Waals surface area contributed by atoms with Crippen LogP contribution in [0.3, 0.4) is 0 Å². The number of carbonyl (C=O) groups excluding carboxylic acids is 2. The Labute approximate surface area is 100 Å². The van der Waals surface area contributed by atoms with Gasteiger partial charge in [-0.05, 0) is 12.8 Å². The molecule has 96 valence electrons. The molecule has 0 radical (unpaired) electrons. The average molecular weight is 242 g/mol. The smallest absolute Gasteiger partial charge is 0.324 e. The third-order valence-electron chi connectivity index (χ3n) is 3.04. The van der Waals surface area contributed by atoms with Crippen LogP contribution in [0.15, 0.2) is 0 Å². The van der Waals surface area contributed by atoms with Gasteiger partial charge in [-0.15, -0.1) is 0 Å². The molecule has 0 aromatic carbocycles. The van der Waals surface area contributed by atoms with Gasteiger partial charge in [0.05, 0.1) is 19.3 Å². The lowest BCUT2D eigenvalue weighted by Gasteiger charge is -2.25. The number of imide groups is 1. The molecule has 3 amide bonds. The third-order valence-corrected chi connectivity index (χ3v) is 3.04. The second kappa shape index (κ2) is 5.46. The van der Waals surface area contributed by atoms with Crippen LogP contribution in [-0.2, 0) is 14.3 Å². The highest BCUT2D eigenvalue weighted by atomic mass is 16.7. The molecule has 0 bridgehead atoms. The van der Waals surface area contributed by atoms with Crippen LogP contribution in [0.25, 0.3) is 0 Å². The van der Waals surface area contributed by atoms with Crippen LogP contribution in [0.2, 0.25) is 0 Å². The maximum Gasteiger partial charge on any atom is 0.324 e. The second-order valence-electron chi connectivity index (χ2n) is 4.34. The standard InChI is InChI=1S/C11H18N2O4/c1-2-3-9-10(14)13(11(15)12-9)6-8-4-5-16-7-17-8/h8-9H,2-7H2,1H3,(H,12,15)/t8-,9-/m1/s1. The predicted molar refractivity (Wildman–Crippen MR) is 59.2 cm³/mol. The van der Waals surface area contributed by atoms with Crippen molar-refractivity contribution >= 4 is 11.9 Å². The number of rotatable bonds is 4. The molecule has 2 rings (SSSR count). The number of hydrogen-bond donors (Lipinski definition) is 1. The Kier molecular flexibility index (Phi) is 3.96. The first-order valence-electron chi connectivity index (χ1n) is 6.03. The molecular weight excluding hydrogens is 224 g/mol. The number of carbonyl (C=O) groups is 2. The van der Waals surface area contributed by atoms with Crippen molar-refractivity contribution < 1.29 is 19.1 Å². The largest absolute Gasteiger partial charge is 0.355 e. The molecule has 2 heterocycles. The lowest BCUT2D eigenvalue weighted by atomic mass is 10.1. The Balaban J connectivity index is 1.91. The van der Waals surface area contributed by atoms with Crippen molar-refractivity contribution in [2.24, 2.45) is 0 Å². The molecule has 2 saturated heterocycles. The summed E-state index contributed by atoms with van der Waals surface area (Å²) >= 11 is 0. The van der Waals surface area contributed by atoms with Crippen molar-refractivity contribution in [2.75, 3.05) is 19.9 Å². The van der Waals surface area contributed by atoms with Crippen LogP contribution in [-0.4, -0.2) is 48.9 Å². The summed E-state index contributed by atoms with van der Waals surface area (Å²) in [5.74, 6) is -0.132. The number of nitrogens with zero attached hydrogens (tertiary/aromatic N) is 1. The van der Waals surface area contributed by atoms with E-state index >= 15 is 0 Å². The molecular formula is C11H18N2O4. The fraction of sp³-hybridized carbons (Fsp3) is 0.818. The number of amides is 3. The Morgan fingerprint density at radius 2 is 2.29 bits per heavy atom. The molecule has 6 heteroatoms. The molecule has 2 aliphatic heterocycles. The molecule has 0 aromatic heterocycles. The average Bonchev–Trinajstić information content (AvgIpc) is 2.59. The van der Waals surface area contributed by atoms with E-state index in [1.807, 2.05) is 6.92 Å². The minimum atomic E-state index is -0.354. The van der Waals surface area contributed by atoms with Crippen molar-refractivity contribution in [2.45, 2.75) is 38.3 Å². The maximum absolute atomic E-state index is 11.9. The molecule has 0 unspecified atom stereocenters. The van der Waals surface area contributed by atoms with Crippen molar-refractivity contribution in [1.29, 1.82) is 0 Å². The van der Waals surface area contributed by atoms with Gasteiger partial charge < -0.3 is 14.8 Å². The van der Waals surface area contributed by atoms with E-state index in [2.05, 4.69) is 5.32 Å². The molecule has 0 aromatic rings. The fourth-order valence-corrected chi connectivity index (χ4v) is 2.08. The lowest BCUT2D eigenvalue weighted by Crippen LogP contribution is -2.41. The van der Waals surface area contributed by atoms with Gasteiger partial charge in [0.25, 0.3) is 5.91 Å². The third kappa shape index (κ3) is 2.76. The van der Waals surface area contributed by atoms with E-state index in [4.69, 9.17) is 9.47 Å². The van der Waals surface area contributed by atoms with Gasteiger partial charge in [0.15, 0.2) is 0 Å². The first-order valence-corrected chi connectivity index (χ1v) is 6.03. The first-order chi connectivity index (χ1) is 8.22. The quantitative estimate of drug-likeness (QED) is 0.728. The summed E-state index contributed by atoms with van der Waals surface area (Å²) in [6.45, 7) is 3.18. The summed E-state index contributed by atoms with van der Waals surface area (Å²) in [6.07, 6.45) is 2.18. The molecule has 2 atom stereocenters. The molecule has 2 aliphatic rings. The normalized spacial score (nSPS) is 29.6. The minimum absolute atomic E-state index is 0.0983. The van der Waals surface area contributed by atoms with Crippen LogP contribution in [0.5, 0.6) is 0 Å². The predicted octanol–water partition coefficient (Wildman–Crippen LogP) is 0.470. The summed E-state index contributed by atoms with van der Waals surface area (Å²) in [5, 5.41) is 2.69. The molecule has 0 aliphatic carbocycles. The Morgan fingerprint density at radius 3 is 2.94 bits per heavy atom. The van der Waals surface area contributed by atoms with Crippen LogP contribution in [0.4, 0.5) is 4.79 Å². The zero-order valence-electron chi connectivity index (χ0n) is 9.98. The van der Waals surface area contributed by atoms with Gasteiger partial charge in [-0.3, -0.25) is 9.69 Å². The van der Waals surface area contributed by atoms with E-state index in [0.29, 0.717) is 19.6 Å². The lowest BCUT2D eigenvalue weighted by molar-refractivity contribution is -0.148. The van der Waals surface area contributed by atoms with E-state index in [1.165, 1.54) is 4.90 Å². The Bertz CT molecular complexity index is 302. The zero-order chi connectivity index (χ0) is 12.3. The summed E-state index contributed by atoms with van der Waals surface area (Å²) in [6, 6.07) is -0.657. The number of ether oxygens (including phenoxy) is 2. The van der Waals surface area contributed by atoms with Gasteiger partial charge in [-0.2, -0.15) is 0 Å². The molecule has 2 fully saturated rings. The molecule has 0 saturated carbocycles. The van der Waals surface area contributed by atoms with Crippen LogP contribution in [0, 0.1) is 0 Å². The Morgan fingerprint density at radius 1 is 1.47 bits per heavy atom. The van der Waals surface area contributed by atoms with Crippen molar-refractivity contribution in [3.63, 3.8) is 0 Å². The second-order valence-corrected chi connectivity index (χ2v) is 4.34. The van der Waals surface area contributed by atoms with Gasteiger partial charge >= 0.3 is 6.03 Å². The summed E-state index contributed by atoms with van der Waals surface area (Å²) in [7, 11) is 0. The van der Waals surface area contributed by atoms with Crippen LogP contribution >= 0.6 is 0 Å². The minimum Gasteiger partial charge on any atom is -0.355 e. The highest BCUT2D eigenvalue weighted by Gasteiger charge is 2.38. The van der Waals surface area contributed by atoms with Crippen molar-refractivity contribution in [3.05, 3.63) is 0 Å². The van der Waals surface area contributed by atoms with Crippen molar-refractivity contribution in [3.8, 4) is 0 Å². The van der Waals surface area contributed by atoms with Crippen LogP contribution < -0.4 is 5.32 Å². The zero-order valence-corrected chi connectivity index (χ0v) is 9.98. The summed E-state index contributed by atoms with van der Waals surface area (Å²) in [4.78, 5) is 24.8. The molecule has 6 nitrogen and oxygen atoms in total. The Hall–Kier alpha value is -1.14. The van der Waals surface area contributed by atoms with Gasteiger partial charge in [-0.1, -0.05) is 13.3 Å². The fourth-order valence-electron chi connectivity index (χ4n) is 2.08. The van der Waals surface area contributed by atoms with Crippen LogP contribution in [0.1, 0.15) is 26.2 Å². The van der Waals surface area contributed by atoms with Gasteiger partial charge in [0, 0.05) is 0 Å².